The van der Waals surface area contributed by atoms with E-state index in [0.717, 1.165) is 26.2 Å². The fraction of sp³-hybridized carbons (Fsp3) is 0.105. The fourth-order valence-electron chi connectivity index (χ4n) is 2.71. The SMILES string of the molecule is CC(=O)Nc1nnc(Cc2ccsc2)c2cc(-c3ccc(Cl)cc3)sc12. The van der Waals surface area contributed by atoms with Crippen LogP contribution in [0.2, 0.25) is 5.02 Å². The molecule has 26 heavy (non-hydrogen) atoms. The summed E-state index contributed by atoms with van der Waals surface area (Å²) in [4.78, 5) is 12.6. The monoisotopic (exact) mass is 399 g/mol. The average molecular weight is 400 g/mol. The topological polar surface area (TPSA) is 54.9 Å². The molecule has 0 fully saturated rings. The van der Waals surface area contributed by atoms with Gasteiger partial charge in [-0.1, -0.05) is 23.7 Å². The van der Waals surface area contributed by atoms with Gasteiger partial charge in [-0.2, -0.15) is 16.4 Å². The molecule has 0 unspecified atom stereocenters. The minimum atomic E-state index is -0.160. The number of benzene rings is 1. The van der Waals surface area contributed by atoms with Gasteiger partial charge in [0.1, 0.15) is 0 Å². The summed E-state index contributed by atoms with van der Waals surface area (Å²) in [6.07, 6.45) is 0.712. The molecule has 0 saturated carbocycles. The number of nitrogens with one attached hydrogen (secondary N) is 1. The van der Waals surface area contributed by atoms with Crippen molar-refractivity contribution in [3.8, 4) is 10.4 Å². The maximum atomic E-state index is 11.5. The van der Waals surface area contributed by atoms with Crippen LogP contribution >= 0.6 is 34.3 Å². The summed E-state index contributed by atoms with van der Waals surface area (Å²) >= 11 is 9.26. The van der Waals surface area contributed by atoms with Crippen molar-refractivity contribution in [3.05, 3.63) is 63.4 Å². The molecule has 0 bridgehead atoms. The molecule has 0 radical (unpaired) electrons. The molecule has 7 heteroatoms. The molecule has 130 valence electrons. The molecule has 4 nitrogen and oxygen atoms in total. The van der Waals surface area contributed by atoms with Crippen LogP contribution in [0.5, 0.6) is 0 Å². The van der Waals surface area contributed by atoms with Crippen LogP contribution in [-0.2, 0) is 11.2 Å². The molecule has 0 aliphatic carbocycles. The molecule has 0 atom stereocenters. The van der Waals surface area contributed by atoms with E-state index in [2.05, 4.69) is 38.4 Å². The van der Waals surface area contributed by atoms with Gasteiger partial charge in [0.15, 0.2) is 5.82 Å². The van der Waals surface area contributed by atoms with Crippen LogP contribution in [-0.4, -0.2) is 16.1 Å². The third-order valence-corrected chi connectivity index (χ3v) is 6.08. The highest BCUT2D eigenvalue weighted by Crippen LogP contribution is 2.38. The molecular formula is C19H14ClN3OS2. The van der Waals surface area contributed by atoms with E-state index in [0.29, 0.717) is 17.3 Å². The maximum Gasteiger partial charge on any atom is 0.222 e. The van der Waals surface area contributed by atoms with Gasteiger partial charge in [0.25, 0.3) is 0 Å². The largest absolute Gasteiger partial charge is 0.308 e. The predicted octanol–water partition coefficient (Wildman–Crippen LogP) is 5.62. The number of carbonyl (C=O) groups is 1. The zero-order chi connectivity index (χ0) is 18.1. The highest BCUT2D eigenvalue weighted by molar-refractivity contribution is 7.22. The number of anilines is 1. The first-order chi connectivity index (χ1) is 12.6. The van der Waals surface area contributed by atoms with E-state index in [4.69, 9.17) is 11.6 Å². The van der Waals surface area contributed by atoms with E-state index in [-0.39, 0.29) is 5.91 Å². The van der Waals surface area contributed by atoms with E-state index < -0.39 is 0 Å². The van der Waals surface area contributed by atoms with Crippen LogP contribution in [0.15, 0.2) is 47.2 Å². The third-order valence-electron chi connectivity index (χ3n) is 3.90. The van der Waals surface area contributed by atoms with Gasteiger partial charge in [0, 0.05) is 28.6 Å². The van der Waals surface area contributed by atoms with Gasteiger partial charge in [-0.25, -0.2) is 0 Å². The van der Waals surface area contributed by atoms with Gasteiger partial charge in [0.2, 0.25) is 5.91 Å². The normalized spacial score (nSPS) is 11.0. The summed E-state index contributed by atoms with van der Waals surface area (Å²) in [5, 5.41) is 17.3. The number of nitrogens with zero attached hydrogens (tertiary/aromatic N) is 2. The third kappa shape index (κ3) is 3.49. The second-order valence-corrected chi connectivity index (χ2v) is 8.11. The number of amides is 1. The number of thiophene rings is 2. The van der Waals surface area contributed by atoms with E-state index in [1.807, 2.05) is 24.3 Å². The van der Waals surface area contributed by atoms with Gasteiger partial charge in [-0.05, 0) is 46.2 Å². The number of carbonyl (C=O) groups excluding carboxylic acids is 1. The Kier molecular flexibility index (Phi) is 4.72. The molecule has 3 aromatic heterocycles. The molecular weight excluding hydrogens is 386 g/mol. The maximum absolute atomic E-state index is 11.5. The number of rotatable bonds is 4. The summed E-state index contributed by atoms with van der Waals surface area (Å²) in [6, 6.07) is 11.9. The summed E-state index contributed by atoms with van der Waals surface area (Å²) in [5.74, 6) is 0.347. The first kappa shape index (κ1) is 17.1. The molecule has 1 amide bonds. The second kappa shape index (κ2) is 7.15. The lowest BCUT2D eigenvalue weighted by Crippen LogP contribution is -2.09. The molecule has 0 aliphatic heterocycles. The van der Waals surface area contributed by atoms with Crippen LogP contribution in [0.25, 0.3) is 20.5 Å². The highest BCUT2D eigenvalue weighted by Gasteiger charge is 2.16. The fourth-order valence-corrected chi connectivity index (χ4v) is 4.63. The molecule has 1 N–H and O–H groups in total. The van der Waals surface area contributed by atoms with Crippen LogP contribution in [0.3, 0.4) is 0 Å². The zero-order valence-electron chi connectivity index (χ0n) is 13.8. The van der Waals surface area contributed by atoms with Gasteiger partial charge < -0.3 is 5.32 Å². The van der Waals surface area contributed by atoms with Crippen molar-refractivity contribution >= 4 is 56.1 Å². The van der Waals surface area contributed by atoms with Gasteiger partial charge in [0.05, 0.1) is 10.4 Å². The molecule has 4 rings (SSSR count). The van der Waals surface area contributed by atoms with E-state index in [9.17, 15) is 4.79 Å². The smallest absolute Gasteiger partial charge is 0.222 e. The number of halogens is 1. The summed E-state index contributed by atoms with van der Waals surface area (Å²) in [6.45, 7) is 1.47. The van der Waals surface area contributed by atoms with Crippen molar-refractivity contribution in [2.24, 2.45) is 0 Å². The molecule has 3 heterocycles. The Balaban J connectivity index is 1.85. The van der Waals surface area contributed by atoms with Crippen molar-refractivity contribution in [2.45, 2.75) is 13.3 Å². The van der Waals surface area contributed by atoms with E-state index >= 15 is 0 Å². The van der Waals surface area contributed by atoms with Crippen molar-refractivity contribution in [1.82, 2.24) is 10.2 Å². The Labute approximate surface area is 163 Å². The molecule has 0 aliphatic rings. The minimum absolute atomic E-state index is 0.160. The first-order valence-electron chi connectivity index (χ1n) is 7.94. The zero-order valence-corrected chi connectivity index (χ0v) is 16.2. The predicted molar refractivity (Wildman–Crippen MR) is 109 cm³/mol. The Hall–Kier alpha value is -2.28. The van der Waals surface area contributed by atoms with Crippen LogP contribution in [0.4, 0.5) is 5.82 Å². The van der Waals surface area contributed by atoms with Crippen molar-refractivity contribution < 1.29 is 4.79 Å². The lowest BCUT2D eigenvalue weighted by Gasteiger charge is -2.05. The lowest BCUT2D eigenvalue weighted by atomic mass is 10.1. The van der Waals surface area contributed by atoms with Crippen LogP contribution in [0, 0.1) is 0 Å². The molecule has 1 aromatic carbocycles. The summed E-state index contributed by atoms with van der Waals surface area (Å²) in [5.41, 5.74) is 3.19. The van der Waals surface area contributed by atoms with Crippen LogP contribution in [0.1, 0.15) is 18.2 Å². The quantitative estimate of drug-likeness (QED) is 0.484. The number of hydrogen-bond acceptors (Lipinski definition) is 5. The average Bonchev–Trinajstić information content (AvgIpc) is 3.27. The van der Waals surface area contributed by atoms with Crippen molar-refractivity contribution in [3.63, 3.8) is 0 Å². The Morgan fingerprint density at radius 2 is 2.00 bits per heavy atom. The number of hydrogen-bond donors (Lipinski definition) is 1. The Bertz CT molecular complexity index is 1070. The van der Waals surface area contributed by atoms with E-state index in [1.165, 1.54) is 12.5 Å². The molecule has 0 saturated heterocycles. The number of aromatic nitrogens is 2. The first-order valence-corrected chi connectivity index (χ1v) is 10.1. The van der Waals surface area contributed by atoms with Gasteiger partial charge in [-0.15, -0.1) is 16.4 Å². The number of fused-ring (bicyclic) bond motifs is 1. The standard InChI is InChI=1S/C19H14ClN3OS2/c1-11(24)21-19-18-15(16(22-23-19)8-12-6-7-25-10-12)9-17(26-18)13-2-4-14(20)5-3-13/h2-7,9-10H,8H2,1H3,(H,21,23,24). The molecule has 4 aromatic rings. The molecule has 0 spiro atoms. The second-order valence-electron chi connectivity index (χ2n) is 5.85. The highest BCUT2D eigenvalue weighted by atomic mass is 35.5. The minimum Gasteiger partial charge on any atom is -0.308 e. The van der Waals surface area contributed by atoms with Gasteiger partial charge in [-0.3, -0.25) is 4.79 Å². The summed E-state index contributed by atoms with van der Waals surface area (Å²) < 4.78 is 0.936. The van der Waals surface area contributed by atoms with Gasteiger partial charge >= 0.3 is 0 Å². The Morgan fingerprint density at radius 3 is 2.69 bits per heavy atom. The Morgan fingerprint density at radius 1 is 1.19 bits per heavy atom. The van der Waals surface area contributed by atoms with Crippen LogP contribution < -0.4 is 5.32 Å². The summed E-state index contributed by atoms with van der Waals surface area (Å²) in [7, 11) is 0. The van der Waals surface area contributed by atoms with Crippen molar-refractivity contribution in [1.29, 1.82) is 0 Å². The lowest BCUT2D eigenvalue weighted by molar-refractivity contribution is -0.114. The van der Waals surface area contributed by atoms with E-state index in [1.54, 1.807) is 22.7 Å². The van der Waals surface area contributed by atoms with Crippen molar-refractivity contribution in [2.75, 3.05) is 5.32 Å².